The van der Waals surface area contributed by atoms with Crippen LogP contribution in [0.1, 0.15) is 27.5 Å². The molecule has 0 saturated carbocycles. The van der Waals surface area contributed by atoms with Crippen LogP contribution in [0.4, 0.5) is 0 Å². The van der Waals surface area contributed by atoms with E-state index >= 15 is 0 Å². The molecule has 144 valence electrons. The number of methoxy groups -OCH3 is 1. The van der Waals surface area contributed by atoms with Crippen molar-refractivity contribution in [1.82, 2.24) is 10.2 Å². The number of carbonyl (C=O) groups excluding carboxylic acids is 1. The SMILES string of the molecule is COc1ccccc1C1CNCCN1C(=O)c1cc(S(C)(=O)=O)ccc1C. The van der Waals surface area contributed by atoms with Crippen LogP contribution < -0.4 is 10.1 Å². The van der Waals surface area contributed by atoms with Crippen LogP contribution in [0.5, 0.6) is 5.75 Å². The molecule has 1 atom stereocenters. The maximum Gasteiger partial charge on any atom is 0.254 e. The van der Waals surface area contributed by atoms with Crippen LogP contribution in [0.15, 0.2) is 47.4 Å². The van der Waals surface area contributed by atoms with Crippen molar-refractivity contribution in [2.45, 2.75) is 17.9 Å². The molecule has 1 fully saturated rings. The molecular weight excluding hydrogens is 364 g/mol. The van der Waals surface area contributed by atoms with Gasteiger partial charge in [-0.05, 0) is 30.7 Å². The summed E-state index contributed by atoms with van der Waals surface area (Å²) in [4.78, 5) is 15.3. The number of aryl methyl sites for hydroxylation is 1. The highest BCUT2D eigenvalue weighted by molar-refractivity contribution is 7.90. The second-order valence-corrected chi connectivity index (χ2v) is 8.73. The number of nitrogens with zero attached hydrogens (tertiary/aromatic N) is 1. The molecule has 0 aliphatic carbocycles. The molecule has 1 unspecified atom stereocenters. The summed E-state index contributed by atoms with van der Waals surface area (Å²) in [5, 5.41) is 3.33. The average molecular weight is 388 g/mol. The molecule has 1 amide bonds. The van der Waals surface area contributed by atoms with E-state index < -0.39 is 9.84 Å². The average Bonchev–Trinajstić information content (AvgIpc) is 2.67. The van der Waals surface area contributed by atoms with Crippen LogP contribution in [0, 0.1) is 6.92 Å². The van der Waals surface area contributed by atoms with Gasteiger partial charge in [0.25, 0.3) is 5.91 Å². The molecule has 7 heteroatoms. The topological polar surface area (TPSA) is 75.7 Å². The van der Waals surface area contributed by atoms with E-state index in [4.69, 9.17) is 4.74 Å². The highest BCUT2D eigenvalue weighted by Gasteiger charge is 2.31. The van der Waals surface area contributed by atoms with Gasteiger partial charge in [-0.15, -0.1) is 0 Å². The third kappa shape index (κ3) is 3.99. The van der Waals surface area contributed by atoms with Crippen LogP contribution in [0.3, 0.4) is 0 Å². The van der Waals surface area contributed by atoms with Crippen molar-refractivity contribution in [3.05, 3.63) is 59.2 Å². The Hall–Kier alpha value is -2.38. The molecule has 27 heavy (non-hydrogen) atoms. The van der Waals surface area contributed by atoms with E-state index in [0.717, 1.165) is 23.1 Å². The van der Waals surface area contributed by atoms with Crippen LogP contribution in [0.2, 0.25) is 0 Å². The fourth-order valence-electron chi connectivity index (χ4n) is 3.38. The van der Waals surface area contributed by atoms with E-state index in [1.165, 1.54) is 12.1 Å². The van der Waals surface area contributed by atoms with Gasteiger partial charge in [0.05, 0.1) is 18.0 Å². The summed E-state index contributed by atoms with van der Waals surface area (Å²) in [5.41, 5.74) is 2.10. The Morgan fingerprint density at radius 2 is 1.96 bits per heavy atom. The zero-order chi connectivity index (χ0) is 19.6. The van der Waals surface area contributed by atoms with Crippen molar-refractivity contribution >= 4 is 15.7 Å². The summed E-state index contributed by atoms with van der Waals surface area (Å²) in [6.45, 7) is 3.64. The summed E-state index contributed by atoms with van der Waals surface area (Å²) in [5.74, 6) is 0.556. The maximum atomic E-state index is 13.3. The number of para-hydroxylation sites is 1. The maximum absolute atomic E-state index is 13.3. The highest BCUT2D eigenvalue weighted by atomic mass is 32.2. The van der Waals surface area contributed by atoms with Crippen molar-refractivity contribution in [1.29, 1.82) is 0 Å². The van der Waals surface area contributed by atoms with Crippen LogP contribution in [-0.4, -0.2) is 52.2 Å². The van der Waals surface area contributed by atoms with Crippen molar-refractivity contribution in [3.63, 3.8) is 0 Å². The Morgan fingerprint density at radius 1 is 1.22 bits per heavy atom. The van der Waals surface area contributed by atoms with Crippen molar-refractivity contribution in [2.24, 2.45) is 0 Å². The van der Waals surface area contributed by atoms with E-state index in [1.807, 2.05) is 31.2 Å². The molecule has 2 aromatic rings. The number of benzene rings is 2. The van der Waals surface area contributed by atoms with Gasteiger partial charge in [0.1, 0.15) is 5.75 Å². The van der Waals surface area contributed by atoms with Crippen molar-refractivity contribution in [3.8, 4) is 5.75 Å². The number of rotatable bonds is 4. The molecule has 2 aromatic carbocycles. The number of ether oxygens (including phenoxy) is 1. The van der Waals surface area contributed by atoms with E-state index in [1.54, 1.807) is 18.1 Å². The van der Waals surface area contributed by atoms with Crippen LogP contribution in [-0.2, 0) is 9.84 Å². The van der Waals surface area contributed by atoms with Gasteiger partial charge in [-0.25, -0.2) is 8.42 Å². The molecule has 1 aliphatic heterocycles. The smallest absolute Gasteiger partial charge is 0.254 e. The molecule has 3 rings (SSSR count). The van der Waals surface area contributed by atoms with Crippen molar-refractivity contribution in [2.75, 3.05) is 33.0 Å². The van der Waals surface area contributed by atoms with E-state index in [0.29, 0.717) is 25.2 Å². The molecule has 0 bridgehead atoms. The number of amides is 1. The highest BCUT2D eigenvalue weighted by Crippen LogP contribution is 2.31. The lowest BCUT2D eigenvalue weighted by Crippen LogP contribution is -2.49. The van der Waals surface area contributed by atoms with Gasteiger partial charge >= 0.3 is 0 Å². The minimum Gasteiger partial charge on any atom is -0.496 e. The van der Waals surface area contributed by atoms with E-state index in [9.17, 15) is 13.2 Å². The fourth-order valence-corrected chi connectivity index (χ4v) is 4.03. The zero-order valence-corrected chi connectivity index (χ0v) is 16.5. The van der Waals surface area contributed by atoms with Gasteiger partial charge in [0, 0.05) is 37.0 Å². The molecule has 0 spiro atoms. The Kier molecular flexibility index (Phi) is 5.53. The van der Waals surface area contributed by atoms with Crippen LogP contribution in [0.25, 0.3) is 0 Å². The number of carbonyl (C=O) groups is 1. The van der Waals surface area contributed by atoms with Gasteiger partial charge in [-0.1, -0.05) is 24.3 Å². The van der Waals surface area contributed by atoms with Gasteiger partial charge in [-0.3, -0.25) is 4.79 Å². The van der Waals surface area contributed by atoms with Crippen molar-refractivity contribution < 1.29 is 17.9 Å². The normalized spacial score (nSPS) is 17.6. The molecular formula is C20H24N2O4S. The zero-order valence-electron chi connectivity index (χ0n) is 15.7. The summed E-state index contributed by atoms with van der Waals surface area (Å²) in [6, 6.07) is 12.2. The lowest BCUT2D eigenvalue weighted by atomic mass is 9.99. The van der Waals surface area contributed by atoms with Crippen LogP contribution >= 0.6 is 0 Å². The van der Waals surface area contributed by atoms with Gasteiger partial charge in [0.2, 0.25) is 0 Å². The van der Waals surface area contributed by atoms with E-state index in [-0.39, 0.29) is 16.8 Å². The minimum absolute atomic E-state index is 0.153. The summed E-state index contributed by atoms with van der Waals surface area (Å²) < 4.78 is 29.3. The Bertz CT molecular complexity index is 956. The van der Waals surface area contributed by atoms with Gasteiger partial charge < -0.3 is 15.0 Å². The number of sulfone groups is 1. The standard InChI is InChI=1S/C20H24N2O4S/c1-14-8-9-15(27(3,24)25)12-17(14)20(23)22-11-10-21-13-18(22)16-6-4-5-7-19(16)26-2/h4-9,12,18,21H,10-11,13H2,1-3H3. The minimum atomic E-state index is -3.39. The predicted octanol–water partition coefficient (Wildman–Crippen LogP) is 2.19. The van der Waals surface area contributed by atoms with Gasteiger partial charge in [0.15, 0.2) is 9.84 Å². The molecule has 1 N–H and O–H groups in total. The number of hydrogen-bond acceptors (Lipinski definition) is 5. The molecule has 0 aromatic heterocycles. The molecule has 1 heterocycles. The lowest BCUT2D eigenvalue weighted by molar-refractivity contribution is 0.0630. The third-order valence-corrected chi connectivity index (χ3v) is 5.98. The fraction of sp³-hybridized carbons (Fsp3) is 0.350. The first-order valence-corrected chi connectivity index (χ1v) is 10.7. The molecule has 1 saturated heterocycles. The van der Waals surface area contributed by atoms with E-state index in [2.05, 4.69) is 5.32 Å². The second-order valence-electron chi connectivity index (χ2n) is 6.71. The van der Waals surface area contributed by atoms with Gasteiger partial charge in [-0.2, -0.15) is 0 Å². The number of nitrogens with one attached hydrogen (secondary N) is 1. The largest absolute Gasteiger partial charge is 0.496 e. The Labute approximate surface area is 160 Å². The second kappa shape index (κ2) is 7.70. The Balaban J connectivity index is 2.02. The summed E-state index contributed by atoms with van der Waals surface area (Å²) in [7, 11) is -1.77. The number of hydrogen-bond donors (Lipinski definition) is 1. The predicted molar refractivity (Wildman–Crippen MR) is 104 cm³/mol. The first-order chi connectivity index (χ1) is 12.8. The quantitative estimate of drug-likeness (QED) is 0.869. The first-order valence-electron chi connectivity index (χ1n) is 8.78. The Morgan fingerprint density at radius 3 is 2.67 bits per heavy atom. The molecule has 6 nitrogen and oxygen atoms in total. The summed E-state index contributed by atoms with van der Waals surface area (Å²) in [6.07, 6.45) is 1.15. The first kappa shape index (κ1) is 19.4. The molecule has 1 aliphatic rings. The number of piperazine rings is 1. The third-order valence-electron chi connectivity index (χ3n) is 4.87. The molecule has 0 radical (unpaired) electrons. The monoisotopic (exact) mass is 388 g/mol. The summed E-state index contributed by atoms with van der Waals surface area (Å²) >= 11 is 0. The lowest BCUT2D eigenvalue weighted by Gasteiger charge is -2.37.